The van der Waals surface area contributed by atoms with E-state index >= 15 is 0 Å². The molecule has 2 amide bonds. The molecule has 5 heteroatoms. The molecule has 1 fully saturated rings. The predicted octanol–water partition coefficient (Wildman–Crippen LogP) is 5.59. The van der Waals surface area contributed by atoms with E-state index in [9.17, 15) is 9.59 Å². The first kappa shape index (κ1) is 21.2. The fourth-order valence-corrected chi connectivity index (χ4v) is 6.45. The highest BCUT2D eigenvalue weighted by molar-refractivity contribution is 7.17. The number of benzene rings is 2. The molecule has 32 heavy (non-hydrogen) atoms. The molecule has 0 saturated heterocycles. The van der Waals surface area contributed by atoms with E-state index < -0.39 is 0 Å². The minimum atomic E-state index is -0.191. The van der Waals surface area contributed by atoms with Crippen molar-refractivity contribution < 1.29 is 9.59 Å². The largest absolute Gasteiger partial charge is 0.338 e. The molecule has 4 nitrogen and oxygen atoms in total. The number of amides is 2. The normalized spacial score (nSPS) is 23.0. The molecule has 0 bridgehead atoms. The molecule has 1 aliphatic carbocycles. The molecule has 1 aromatic heterocycles. The summed E-state index contributed by atoms with van der Waals surface area (Å²) in [5, 5.41) is 3.50. The molecule has 0 N–H and O–H groups in total. The monoisotopic (exact) mass is 446 g/mol. The maximum Gasteiger partial charge on any atom is 0.225 e. The lowest BCUT2D eigenvalue weighted by Crippen LogP contribution is -2.42. The van der Waals surface area contributed by atoms with E-state index in [4.69, 9.17) is 0 Å². The summed E-state index contributed by atoms with van der Waals surface area (Å²) in [6.07, 6.45) is 2.32. The molecular weight excluding hydrogens is 416 g/mol. The molecule has 4 unspecified atom stereocenters. The van der Waals surface area contributed by atoms with Crippen LogP contribution in [0.4, 0.5) is 0 Å². The number of hydrogen-bond donors (Lipinski definition) is 0. The zero-order valence-corrected chi connectivity index (χ0v) is 19.8. The van der Waals surface area contributed by atoms with Crippen molar-refractivity contribution in [3.05, 3.63) is 70.6 Å². The van der Waals surface area contributed by atoms with Gasteiger partial charge in [-0.3, -0.25) is 9.59 Å². The van der Waals surface area contributed by atoms with Gasteiger partial charge in [-0.1, -0.05) is 49.4 Å². The molecule has 4 atom stereocenters. The van der Waals surface area contributed by atoms with E-state index in [1.807, 2.05) is 29.0 Å². The third-order valence-electron chi connectivity index (χ3n) is 7.40. The van der Waals surface area contributed by atoms with Crippen molar-refractivity contribution in [2.75, 3.05) is 13.6 Å². The first-order valence-corrected chi connectivity index (χ1v) is 12.4. The smallest absolute Gasteiger partial charge is 0.225 e. The van der Waals surface area contributed by atoms with Crippen LogP contribution in [0.5, 0.6) is 0 Å². The predicted molar refractivity (Wildman–Crippen MR) is 129 cm³/mol. The lowest BCUT2D eigenvalue weighted by molar-refractivity contribution is -0.137. The number of thiophene rings is 1. The quantitative estimate of drug-likeness (QED) is 0.512. The molecule has 3 aromatic rings. The van der Waals surface area contributed by atoms with Crippen LogP contribution < -0.4 is 0 Å². The Morgan fingerprint density at radius 3 is 2.62 bits per heavy atom. The van der Waals surface area contributed by atoms with Crippen molar-refractivity contribution in [2.45, 2.75) is 45.2 Å². The highest BCUT2D eigenvalue weighted by atomic mass is 32.1. The second-order valence-corrected chi connectivity index (χ2v) is 10.3. The first-order valence-electron chi connectivity index (χ1n) is 11.5. The summed E-state index contributed by atoms with van der Waals surface area (Å²) in [5.41, 5.74) is 3.64. The molecule has 1 saturated carbocycles. The summed E-state index contributed by atoms with van der Waals surface area (Å²) in [6, 6.07) is 16.6. The van der Waals surface area contributed by atoms with Gasteiger partial charge in [0.1, 0.15) is 0 Å². The van der Waals surface area contributed by atoms with E-state index in [0.29, 0.717) is 24.8 Å². The molecule has 166 valence electrons. The van der Waals surface area contributed by atoms with Crippen LogP contribution in [0.25, 0.3) is 10.1 Å². The molecule has 2 aliphatic rings. The third-order valence-corrected chi connectivity index (χ3v) is 8.38. The molecular formula is C27H30N2O2S. The maximum atomic E-state index is 13.7. The Kier molecular flexibility index (Phi) is 5.54. The van der Waals surface area contributed by atoms with E-state index in [0.717, 1.165) is 18.4 Å². The van der Waals surface area contributed by atoms with Crippen molar-refractivity contribution in [3.8, 4) is 0 Å². The van der Waals surface area contributed by atoms with Crippen LogP contribution in [-0.4, -0.2) is 35.2 Å². The SMILES string of the molecule is CC(=O)N1CCc2ccccc2C1CC(=O)N(C)C(c1csc2ccccc12)C1CC1C. The summed E-state index contributed by atoms with van der Waals surface area (Å²) in [6.45, 7) is 4.56. The lowest BCUT2D eigenvalue weighted by Gasteiger charge is -2.38. The van der Waals surface area contributed by atoms with Gasteiger partial charge in [0.15, 0.2) is 0 Å². The van der Waals surface area contributed by atoms with Gasteiger partial charge < -0.3 is 9.80 Å². The maximum absolute atomic E-state index is 13.7. The van der Waals surface area contributed by atoms with Crippen LogP contribution in [0.2, 0.25) is 0 Å². The van der Waals surface area contributed by atoms with Crippen LogP contribution in [0.3, 0.4) is 0 Å². The van der Waals surface area contributed by atoms with Gasteiger partial charge in [-0.15, -0.1) is 11.3 Å². The van der Waals surface area contributed by atoms with Crippen LogP contribution >= 0.6 is 11.3 Å². The Morgan fingerprint density at radius 1 is 1.16 bits per heavy atom. The fourth-order valence-electron chi connectivity index (χ4n) is 5.46. The summed E-state index contributed by atoms with van der Waals surface area (Å²) in [4.78, 5) is 29.9. The van der Waals surface area contributed by atoms with Gasteiger partial charge in [0.25, 0.3) is 0 Å². The molecule has 0 radical (unpaired) electrons. The van der Waals surface area contributed by atoms with E-state index in [1.54, 1.807) is 18.3 Å². The van der Waals surface area contributed by atoms with E-state index in [1.165, 1.54) is 21.2 Å². The molecule has 2 heterocycles. The molecule has 0 spiro atoms. The number of nitrogens with zero attached hydrogens (tertiary/aromatic N) is 2. The van der Waals surface area contributed by atoms with Crippen molar-refractivity contribution in [2.24, 2.45) is 11.8 Å². The van der Waals surface area contributed by atoms with Crippen molar-refractivity contribution in [1.29, 1.82) is 0 Å². The number of hydrogen-bond acceptors (Lipinski definition) is 3. The lowest BCUT2D eigenvalue weighted by atomic mass is 9.90. The minimum Gasteiger partial charge on any atom is -0.338 e. The zero-order valence-electron chi connectivity index (χ0n) is 19.0. The van der Waals surface area contributed by atoms with Gasteiger partial charge in [0.05, 0.1) is 18.5 Å². The third kappa shape index (κ3) is 3.73. The van der Waals surface area contributed by atoms with Gasteiger partial charge in [-0.2, -0.15) is 0 Å². The summed E-state index contributed by atoms with van der Waals surface area (Å²) >= 11 is 1.76. The Morgan fingerprint density at radius 2 is 1.88 bits per heavy atom. The number of rotatable bonds is 5. The second kappa shape index (κ2) is 8.36. The van der Waals surface area contributed by atoms with E-state index in [2.05, 4.69) is 48.7 Å². The zero-order chi connectivity index (χ0) is 22.4. The minimum absolute atomic E-state index is 0.0381. The molecule has 2 aromatic carbocycles. The van der Waals surface area contributed by atoms with E-state index in [-0.39, 0.29) is 23.9 Å². The average molecular weight is 447 g/mol. The first-order chi connectivity index (χ1) is 15.5. The Labute approximate surface area is 193 Å². The van der Waals surface area contributed by atoms with Gasteiger partial charge in [-0.05, 0) is 58.2 Å². The Balaban J connectivity index is 1.45. The number of carbonyl (C=O) groups excluding carboxylic acids is 2. The Hall–Kier alpha value is -2.66. The van der Waals surface area contributed by atoms with Crippen LogP contribution in [0.15, 0.2) is 53.9 Å². The number of carbonyl (C=O) groups is 2. The summed E-state index contributed by atoms with van der Waals surface area (Å²) in [5.74, 6) is 1.26. The highest BCUT2D eigenvalue weighted by Gasteiger charge is 2.44. The van der Waals surface area contributed by atoms with Crippen molar-refractivity contribution in [3.63, 3.8) is 0 Å². The van der Waals surface area contributed by atoms with Crippen LogP contribution in [0, 0.1) is 11.8 Å². The fraction of sp³-hybridized carbons (Fsp3) is 0.407. The highest BCUT2D eigenvalue weighted by Crippen LogP contribution is 2.51. The van der Waals surface area contributed by atoms with Gasteiger partial charge in [0, 0.05) is 25.2 Å². The summed E-state index contributed by atoms with van der Waals surface area (Å²) < 4.78 is 1.27. The second-order valence-electron chi connectivity index (χ2n) is 9.39. The van der Waals surface area contributed by atoms with Gasteiger partial charge in [0.2, 0.25) is 11.8 Å². The number of fused-ring (bicyclic) bond motifs is 2. The van der Waals surface area contributed by atoms with Crippen molar-refractivity contribution in [1.82, 2.24) is 9.80 Å². The molecule has 5 rings (SSSR count). The standard InChI is InChI=1S/C27H30N2O2S/c1-17-14-22(17)27(23-16-32-25-11-7-6-10-21(23)25)28(3)26(31)15-24-20-9-5-4-8-19(20)12-13-29(24)18(2)30/h4-11,16-17,22,24,27H,12-15H2,1-3H3. The summed E-state index contributed by atoms with van der Waals surface area (Å²) in [7, 11) is 1.96. The molecule has 1 aliphatic heterocycles. The topological polar surface area (TPSA) is 40.6 Å². The van der Waals surface area contributed by atoms with Gasteiger partial charge >= 0.3 is 0 Å². The Bertz CT molecular complexity index is 1170. The average Bonchev–Trinajstić information content (AvgIpc) is 3.36. The van der Waals surface area contributed by atoms with Gasteiger partial charge in [-0.25, -0.2) is 0 Å². The van der Waals surface area contributed by atoms with Crippen molar-refractivity contribution >= 4 is 33.2 Å². The van der Waals surface area contributed by atoms with Crippen LogP contribution in [-0.2, 0) is 16.0 Å². The van der Waals surface area contributed by atoms with Crippen LogP contribution in [0.1, 0.15) is 55.5 Å².